The molecule has 0 saturated heterocycles. The van der Waals surface area contributed by atoms with Crippen molar-refractivity contribution in [2.75, 3.05) is 0 Å². The van der Waals surface area contributed by atoms with E-state index in [0.717, 1.165) is 19.3 Å². The molecular weight excluding hydrogens is 212 g/mol. The zero-order chi connectivity index (χ0) is 12.6. The van der Waals surface area contributed by atoms with E-state index in [1.54, 1.807) is 0 Å². The first-order valence-electron chi connectivity index (χ1n) is 6.55. The van der Waals surface area contributed by atoms with Gasteiger partial charge in [-0.05, 0) is 56.3 Å². The van der Waals surface area contributed by atoms with Gasteiger partial charge >= 0.3 is 5.97 Å². The van der Waals surface area contributed by atoms with E-state index in [0.29, 0.717) is 22.8 Å². The molecule has 0 radical (unpaired) electrons. The predicted octanol–water partition coefficient (Wildman–Crippen LogP) is 3.79. The predicted molar refractivity (Wildman–Crippen MR) is 68.7 cm³/mol. The van der Waals surface area contributed by atoms with Crippen LogP contribution in [0, 0.1) is 17.3 Å². The summed E-state index contributed by atoms with van der Waals surface area (Å²) in [7, 11) is 0. The van der Waals surface area contributed by atoms with Gasteiger partial charge in [0.15, 0.2) is 0 Å². The van der Waals surface area contributed by atoms with Crippen LogP contribution in [0.2, 0.25) is 0 Å². The molecule has 1 fully saturated rings. The maximum Gasteiger partial charge on any atom is 0.331 e. The summed E-state index contributed by atoms with van der Waals surface area (Å²) in [5.41, 5.74) is 2.18. The van der Waals surface area contributed by atoms with Crippen molar-refractivity contribution in [1.82, 2.24) is 0 Å². The van der Waals surface area contributed by atoms with Gasteiger partial charge in [0.2, 0.25) is 0 Å². The van der Waals surface area contributed by atoms with E-state index in [1.807, 2.05) is 6.08 Å². The van der Waals surface area contributed by atoms with Gasteiger partial charge in [-0.1, -0.05) is 25.2 Å². The molecule has 1 N–H and O–H groups in total. The number of carboxylic acid groups (broad SMARTS) is 1. The Morgan fingerprint density at radius 1 is 1.53 bits per heavy atom. The van der Waals surface area contributed by atoms with Crippen molar-refractivity contribution in [2.45, 2.75) is 46.0 Å². The average molecular weight is 234 g/mol. The van der Waals surface area contributed by atoms with Crippen LogP contribution in [0.1, 0.15) is 46.0 Å². The molecule has 2 rings (SSSR count). The second-order valence-electron chi connectivity index (χ2n) is 5.85. The summed E-state index contributed by atoms with van der Waals surface area (Å²) in [6.45, 7) is 8.59. The fraction of sp³-hybridized carbons (Fsp3) is 0.667. The van der Waals surface area contributed by atoms with Gasteiger partial charge in [0.1, 0.15) is 0 Å². The van der Waals surface area contributed by atoms with E-state index in [2.05, 4.69) is 20.4 Å². The minimum atomic E-state index is -0.739. The van der Waals surface area contributed by atoms with Crippen LogP contribution in [0.3, 0.4) is 0 Å². The molecule has 0 aromatic heterocycles. The van der Waals surface area contributed by atoms with E-state index in [4.69, 9.17) is 5.11 Å². The average Bonchev–Trinajstić information content (AvgIpc) is 2.57. The van der Waals surface area contributed by atoms with Crippen LogP contribution in [-0.4, -0.2) is 11.1 Å². The highest BCUT2D eigenvalue weighted by atomic mass is 16.4. The Morgan fingerprint density at radius 2 is 2.24 bits per heavy atom. The van der Waals surface area contributed by atoms with Crippen LogP contribution in [0.4, 0.5) is 0 Å². The van der Waals surface area contributed by atoms with Gasteiger partial charge in [-0.2, -0.15) is 0 Å². The van der Waals surface area contributed by atoms with Crippen molar-refractivity contribution < 1.29 is 9.90 Å². The van der Waals surface area contributed by atoms with E-state index < -0.39 is 5.97 Å². The number of hydrogen-bond acceptors (Lipinski definition) is 1. The molecule has 0 amide bonds. The maximum absolute atomic E-state index is 11.0. The zero-order valence-corrected chi connectivity index (χ0v) is 10.8. The molecule has 2 nitrogen and oxygen atoms in total. The molecule has 2 aliphatic carbocycles. The van der Waals surface area contributed by atoms with Gasteiger partial charge in [0, 0.05) is 5.57 Å². The smallest absolute Gasteiger partial charge is 0.331 e. The maximum atomic E-state index is 11.0. The topological polar surface area (TPSA) is 37.3 Å². The summed E-state index contributed by atoms with van der Waals surface area (Å²) in [5, 5.41) is 9.02. The Labute approximate surface area is 103 Å². The van der Waals surface area contributed by atoms with Gasteiger partial charge < -0.3 is 5.11 Å². The molecule has 0 aromatic carbocycles. The number of allylic oxidation sites excluding steroid dienone is 2. The molecule has 2 aliphatic rings. The minimum Gasteiger partial charge on any atom is -0.478 e. The Kier molecular flexibility index (Phi) is 3.15. The third-order valence-electron chi connectivity index (χ3n) is 5.02. The highest BCUT2D eigenvalue weighted by Gasteiger charge is 2.48. The highest BCUT2D eigenvalue weighted by Crippen LogP contribution is 2.57. The summed E-state index contributed by atoms with van der Waals surface area (Å²) in [4.78, 5) is 11.0. The largest absolute Gasteiger partial charge is 0.478 e. The quantitative estimate of drug-likeness (QED) is 0.738. The molecule has 3 atom stereocenters. The number of rotatable bonds is 2. The Morgan fingerprint density at radius 3 is 2.71 bits per heavy atom. The second kappa shape index (κ2) is 4.32. The number of aliphatic carboxylic acids is 1. The fourth-order valence-corrected chi connectivity index (χ4v) is 3.92. The lowest BCUT2D eigenvalue weighted by Crippen LogP contribution is -2.33. The van der Waals surface area contributed by atoms with E-state index in [-0.39, 0.29) is 0 Å². The number of hydrogen-bond donors (Lipinski definition) is 1. The van der Waals surface area contributed by atoms with Gasteiger partial charge in [-0.15, -0.1) is 0 Å². The standard InChI is InChI=1S/C15H22O2/c1-10(2)13-5-4-11(3)15(13)8-6-12(7-9-15)14(16)17/h6,11,13H,1,4-5,7-9H2,2-3H3,(H,16,17)/t11-,13+,15+/m0/s1. The van der Waals surface area contributed by atoms with Gasteiger partial charge in [0.05, 0.1) is 0 Å². The third kappa shape index (κ3) is 1.94. The summed E-state index contributed by atoms with van der Waals surface area (Å²) < 4.78 is 0. The first kappa shape index (κ1) is 12.4. The Hall–Kier alpha value is -1.05. The molecule has 94 valence electrons. The molecule has 1 saturated carbocycles. The second-order valence-corrected chi connectivity index (χ2v) is 5.85. The fourth-order valence-electron chi connectivity index (χ4n) is 3.92. The lowest BCUT2D eigenvalue weighted by atomic mass is 9.63. The van der Waals surface area contributed by atoms with E-state index >= 15 is 0 Å². The normalized spacial score (nSPS) is 36.9. The molecule has 0 heterocycles. The van der Waals surface area contributed by atoms with Crippen LogP contribution in [0.15, 0.2) is 23.8 Å². The lowest BCUT2D eigenvalue weighted by molar-refractivity contribution is -0.133. The SMILES string of the molecule is C=C(C)[C@H]1CC[C@H](C)[C@]12CC=C(C(=O)O)CC2. The molecule has 0 aliphatic heterocycles. The first-order valence-corrected chi connectivity index (χ1v) is 6.55. The molecule has 2 heteroatoms. The van der Waals surface area contributed by atoms with Crippen LogP contribution in [0.5, 0.6) is 0 Å². The Bertz CT molecular complexity index is 380. The monoisotopic (exact) mass is 234 g/mol. The summed E-state index contributed by atoms with van der Waals surface area (Å²) >= 11 is 0. The molecule has 1 spiro atoms. The number of carbonyl (C=O) groups is 1. The molecular formula is C15H22O2. The Balaban J connectivity index is 2.25. The van der Waals surface area contributed by atoms with E-state index in [1.165, 1.54) is 18.4 Å². The van der Waals surface area contributed by atoms with E-state index in [9.17, 15) is 4.79 Å². The van der Waals surface area contributed by atoms with Crippen LogP contribution in [-0.2, 0) is 4.79 Å². The van der Waals surface area contributed by atoms with Crippen molar-refractivity contribution in [2.24, 2.45) is 17.3 Å². The number of carboxylic acids is 1. The van der Waals surface area contributed by atoms with Gasteiger partial charge in [-0.25, -0.2) is 4.79 Å². The molecule has 0 aromatic rings. The first-order chi connectivity index (χ1) is 7.97. The molecule has 0 bridgehead atoms. The van der Waals surface area contributed by atoms with Gasteiger partial charge in [-0.3, -0.25) is 0 Å². The lowest BCUT2D eigenvalue weighted by Gasteiger charge is -2.41. The zero-order valence-electron chi connectivity index (χ0n) is 10.8. The van der Waals surface area contributed by atoms with Crippen LogP contribution in [0.25, 0.3) is 0 Å². The van der Waals surface area contributed by atoms with Crippen molar-refractivity contribution in [3.63, 3.8) is 0 Å². The molecule has 0 unspecified atom stereocenters. The minimum absolute atomic E-state index is 0.296. The summed E-state index contributed by atoms with van der Waals surface area (Å²) in [6.07, 6.45) is 7.12. The van der Waals surface area contributed by atoms with Crippen molar-refractivity contribution in [3.05, 3.63) is 23.8 Å². The highest BCUT2D eigenvalue weighted by molar-refractivity contribution is 5.86. The summed E-state index contributed by atoms with van der Waals surface area (Å²) in [6, 6.07) is 0. The van der Waals surface area contributed by atoms with Crippen molar-refractivity contribution >= 4 is 5.97 Å². The van der Waals surface area contributed by atoms with Crippen molar-refractivity contribution in [3.8, 4) is 0 Å². The van der Waals surface area contributed by atoms with Gasteiger partial charge in [0.25, 0.3) is 0 Å². The molecule has 17 heavy (non-hydrogen) atoms. The summed E-state index contributed by atoms with van der Waals surface area (Å²) in [5.74, 6) is 0.539. The van der Waals surface area contributed by atoms with Crippen LogP contribution < -0.4 is 0 Å². The van der Waals surface area contributed by atoms with Crippen LogP contribution >= 0.6 is 0 Å². The van der Waals surface area contributed by atoms with Crippen molar-refractivity contribution in [1.29, 1.82) is 0 Å². The third-order valence-corrected chi connectivity index (χ3v) is 5.02.